The standard InChI is InChI=1S/C19H30O3/c1-5-6-7-8-9-10-15-18(3,22-15)17-16(20-4)14(2)11-12-19(17)13-21-19/h8-9,15-17H,2,5-7,10-13H2,1,3-4H3. The summed E-state index contributed by atoms with van der Waals surface area (Å²) in [5.41, 5.74) is 1.05. The number of unbranched alkanes of at least 4 members (excludes halogenated alkanes) is 2. The summed E-state index contributed by atoms with van der Waals surface area (Å²) in [6.07, 6.45) is 11.7. The molecule has 5 unspecified atom stereocenters. The Morgan fingerprint density at radius 2 is 2.18 bits per heavy atom. The lowest BCUT2D eigenvalue weighted by Crippen LogP contribution is -2.49. The average molecular weight is 306 g/mol. The normalized spacial score (nSPS) is 44.0. The zero-order valence-corrected chi connectivity index (χ0v) is 14.3. The lowest BCUT2D eigenvalue weighted by atomic mass is 9.68. The van der Waals surface area contributed by atoms with Crippen LogP contribution >= 0.6 is 0 Å². The Morgan fingerprint density at radius 1 is 1.41 bits per heavy atom. The Morgan fingerprint density at radius 3 is 2.82 bits per heavy atom. The fourth-order valence-corrected chi connectivity index (χ4v) is 4.21. The first-order valence-electron chi connectivity index (χ1n) is 8.74. The number of rotatable bonds is 7. The van der Waals surface area contributed by atoms with E-state index in [1.54, 1.807) is 7.11 Å². The zero-order valence-electron chi connectivity index (χ0n) is 14.3. The van der Waals surface area contributed by atoms with Gasteiger partial charge in [-0.1, -0.05) is 38.5 Å². The van der Waals surface area contributed by atoms with Crippen molar-refractivity contribution in [2.45, 2.75) is 75.8 Å². The van der Waals surface area contributed by atoms with Gasteiger partial charge in [0, 0.05) is 7.11 Å². The van der Waals surface area contributed by atoms with Crippen molar-refractivity contribution < 1.29 is 14.2 Å². The smallest absolute Gasteiger partial charge is 0.101 e. The molecule has 1 spiro atoms. The van der Waals surface area contributed by atoms with E-state index in [4.69, 9.17) is 14.2 Å². The summed E-state index contributed by atoms with van der Waals surface area (Å²) < 4.78 is 17.8. The third-order valence-corrected chi connectivity index (χ3v) is 5.75. The van der Waals surface area contributed by atoms with E-state index in [1.807, 2.05) is 0 Å². The highest BCUT2D eigenvalue weighted by molar-refractivity contribution is 5.26. The summed E-state index contributed by atoms with van der Waals surface area (Å²) in [5, 5.41) is 0. The number of methoxy groups -OCH3 is 1. The van der Waals surface area contributed by atoms with Crippen LogP contribution in [-0.2, 0) is 14.2 Å². The Labute approximate surface area is 134 Å². The molecule has 2 aliphatic heterocycles. The van der Waals surface area contributed by atoms with E-state index in [0.717, 1.165) is 25.9 Å². The van der Waals surface area contributed by atoms with Gasteiger partial charge in [0.15, 0.2) is 0 Å². The van der Waals surface area contributed by atoms with Gasteiger partial charge in [-0.15, -0.1) is 0 Å². The summed E-state index contributed by atoms with van der Waals surface area (Å²) in [6, 6.07) is 0. The van der Waals surface area contributed by atoms with Crippen LogP contribution in [0.25, 0.3) is 0 Å². The Kier molecular flexibility index (Phi) is 4.50. The van der Waals surface area contributed by atoms with Gasteiger partial charge in [-0.25, -0.2) is 0 Å². The molecule has 0 aromatic carbocycles. The SMILES string of the molecule is C=C1CCC2(CO2)C(C2(C)OC2CC=CCCCC)C1OC. The number of ether oxygens (including phenoxy) is 3. The summed E-state index contributed by atoms with van der Waals surface area (Å²) in [6.45, 7) is 9.53. The minimum atomic E-state index is -0.129. The van der Waals surface area contributed by atoms with Crippen molar-refractivity contribution in [1.82, 2.24) is 0 Å². The molecule has 22 heavy (non-hydrogen) atoms. The predicted octanol–water partition coefficient (Wildman–Crippen LogP) is 4.03. The average Bonchev–Trinajstić information content (AvgIpc) is 3.40. The topological polar surface area (TPSA) is 34.3 Å². The van der Waals surface area contributed by atoms with E-state index in [0.29, 0.717) is 6.10 Å². The van der Waals surface area contributed by atoms with Crippen LogP contribution in [0, 0.1) is 5.92 Å². The van der Waals surface area contributed by atoms with Gasteiger partial charge in [-0.2, -0.15) is 0 Å². The molecule has 124 valence electrons. The molecule has 3 rings (SSSR count). The van der Waals surface area contributed by atoms with Crippen molar-refractivity contribution in [2.24, 2.45) is 5.92 Å². The molecule has 3 fully saturated rings. The van der Waals surface area contributed by atoms with Gasteiger partial charge >= 0.3 is 0 Å². The lowest BCUT2D eigenvalue weighted by Gasteiger charge is -2.39. The van der Waals surface area contributed by atoms with Crippen LogP contribution in [0.2, 0.25) is 0 Å². The molecule has 0 N–H and O–H groups in total. The lowest BCUT2D eigenvalue weighted by molar-refractivity contribution is -0.0198. The van der Waals surface area contributed by atoms with Crippen LogP contribution in [0.4, 0.5) is 0 Å². The molecule has 0 amide bonds. The molecule has 0 aromatic heterocycles. The van der Waals surface area contributed by atoms with Crippen LogP contribution in [0.1, 0.15) is 52.4 Å². The third kappa shape index (κ3) is 2.79. The summed E-state index contributed by atoms with van der Waals surface area (Å²) in [5.74, 6) is 0.278. The van der Waals surface area contributed by atoms with Crippen LogP contribution in [0.3, 0.4) is 0 Å². The molecule has 3 nitrogen and oxygen atoms in total. The molecule has 3 aliphatic rings. The highest BCUT2D eigenvalue weighted by atomic mass is 16.6. The van der Waals surface area contributed by atoms with Gasteiger partial charge in [-0.3, -0.25) is 0 Å². The molecule has 1 aliphatic carbocycles. The van der Waals surface area contributed by atoms with E-state index in [1.165, 1.54) is 24.8 Å². The molecule has 2 saturated heterocycles. The Hall–Kier alpha value is -0.640. The Balaban J connectivity index is 1.64. The largest absolute Gasteiger partial charge is 0.377 e. The van der Waals surface area contributed by atoms with E-state index in [9.17, 15) is 0 Å². The first-order valence-corrected chi connectivity index (χ1v) is 8.74. The second-order valence-corrected chi connectivity index (χ2v) is 7.29. The molecule has 3 heteroatoms. The van der Waals surface area contributed by atoms with Crippen LogP contribution in [0.15, 0.2) is 24.3 Å². The van der Waals surface area contributed by atoms with Gasteiger partial charge in [0.1, 0.15) is 11.2 Å². The van der Waals surface area contributed by atoms with Gasteiger partial charge in [-0.05, 0) is 38.2 Å². The molecular formula is C19H30O3. The molecule has 0 aromatic rings. The number of hydrogen-bond donors (Lipinski definition) is 0. The maximum absolute atomic E-state index is 6.15. The van der Waals surface area contributed by atoms with Crippen molar-refractivity contribution in [1.29, 1.82) is 0 Å². The van der Waals surface area contributed by atoms with Crippen molar-refractivity contribution in [3.8, 4) is 0 Å². The van der Waals surface area contributed by atoms with Crippen LogP contribution in [0.5, 0.6) is 0 Å². The zero-order chi connectivity index (χ0) is 15.8. The fraction of sp³-hybridized carbons (Fsp3) is 0.789. The summed E-state index contributed by atoms with van der Waals surface area (Å²) in [4.78, 5) is 0. The van der Waals surface area contributed by atoms with Crippen LogP contribution < -0.4 is 0 Å². The minimum Gasteiger partial charge on any atom is -0.377 e. The minimum absolute atomic E-state index is 0.0166. The molecule has 0 bridgehead atoms. The number of hydrogen-bond acceptors (Lipinski definition) is 3. The summed E-state index contributed by atoms with van der Waals surface area (Å²) in [7, 11) is 1.79. The maximum atomic E-state index is 6.15. The third-order valence-electron chi connectivity index (χ3n) is 5.75. The predicted molar refractivity (Wildman–Crippen MR) is 87.9 cm³/mol. The first-order chi connectivity index (χ1) is 10.6. The van der Waals surface area contributed by atoms with E-state index in [-0.39, 0.29) is 23.2 Å². The molecule has 0 radical (unpaired) electrons. The van der Waals surface area contributed by atoms with Crippen LogP contribution in [-0.4, -0.2) is 37.1 Å². The van der Waals surface area contributed by atoms with E-state index in [2.05, 4.69) is 32.6 Å². The molecule has 2 heterocycles. The van der Waals surface area contributed by atoms with Gasteiger partial charge < -0.3 is 14.2 Å². The summed E-state index contributed by atoms with van der Waals surface area (Å²) >= 11 is 0. The maximum Gasteiger partial charge on any atom is 0.101 e. The van der Waals surface area contributed by atoms with Gasteiger partial charge in [0.25, 0.3) is 0 Å². The van der Waals surface area contributed by atoms with Crippen molar-refractivity contribution in [3.05, 3.63) is 24.3 Å². The van der Waals surface area contributed by atoms with E-state index < -0.39 is 0 Å². The highest BCUT2D eigenvalue weighted by Crippen LogP contribution is 2.59. The molecule has 5 atom stereocenters. The quantitative estimate of drug-likeness (QED) is 0.404. The molecular weight excluding hydrogens is 276 g/mol. The van der Waals surface area contributed by atoms with Gasteiger partial charge in [0.2, 0.25) is 0 Å². The second-order valence-electron chi connectivity index (χ2n) is 7.29. The first kappa shape index (κ1) is 16.2. The van der Waals surface area contributed by atoms with Crippen molar-refractivity contribution >= 4 is 0 Å². The van der Waals surface area contributed by atoms with E-state index >= 15 is 0 Å². The highest BCUT2D eigenvalue weighted by Gasteiger charge is 2.70. The number of allylic oxidation sites excluding steroid dienone is 1. The molecule has 1 saturated carbocycles. The second kappa shape index (κ2) is 6.10. The van der Waals surface area contributed by atoms with Gasteiger partial charge in [0.05, 0.1) is 24.7 Å². The van der Waals surface area contributed by atoms with Crippen molar-refractivity contribution in [2.75, 3.05) is 13.7 Å². The van der Waals surface area contributed by atoms with Crippen molar-refractivity contribution in [3.63, 3.8) is 0 Å². The number of epoxide rings is 2. The Bertz CT molecular complexity index is 452. The monoisotopic (exact) mass is 306 g/mol. The fourth-order valence-electron chi connectivity index (χ4n) is 4.21.